The molecule has 0 saturated heterocycles. The van der Waals surface area contributed by atoms with Crippen molar-refractivity contribution >= 4 is 45.9 Å². The molecular weight excluding hydrogens is 435 g/mol. The molecule has 7 heteroatoms. The minimum Gasteiger partial charge on any atom is -0.479 e. The summed E-state index contributed by atoms with van der Waals surface area (Å²) in [5.41, 5.74) is 5.26. The van der Waals surface area contributed by atoms with E-state index in [1.54, 1.807) is 37.3 Å². The summed E-state index contributed by atoms with van der Waals surface area (Å²) in [5.74, 6) is 0.632. The maximum absolute atomic E-state index is 12.5. The molecule has 3 aromatic carbocycles. The number of ether oxygens (including phenoxy) is 1. The van der Waals surface area contributed by atoms with Gasteiger partial charge in [0.2, 0.25) is 5.89 Å². The molecule has 0 spiro atoms. The molecule has 4 rings (SSSR count). The van der Waals surface area contributed by atoms with Crippen LogP contribution in [0.2, 0.25) is 10.0 Å². The van der Waals surface area contributed by atoms with Crippen LogP contribution in [0.15, 0.2) is 59.0 Å². The van der Waals surface area contributed by atoms with Crippen molar-refractivity contribution in [2.45, 2.75) is 26.9 Å². The van der Waals surface area contributed by atoms with Crippen LogP contribution in [0.3, 0.4) is 0 Å². The van der Waals surface area contributed by atoms with Gasteiger partial charge < -0.3 is 14.5 Å². The van der Waals surface area contributed by atoms with Gasteiger partial charge in [0.25, 0.3) is 5.91 Å². The van der Waals surface area contributed by atoms with E-state index in [9.17, 15) is 4.79 Å². The number of fused-ring (bicyclic) bond motifs is 1. The molecule has 1 heterocycles. The molecule has 0 aliphatic rings. The first-order valence-electron chi connectivity index (χ1n) is 9.71. The van der Waals surface area contributed by atoms with Crippen molar-refractivity contribution in [3.8, 4) is 17.2 Å². The van der Waals surface area contributed by atoms with Crippen LogP contribution in [0, 0.1) is 13.8 Å². The predicted molar refractivity (Wildman–Crippen MR) is 124 cm³/mol. The van der Waals surface area contributed by atoms with E-state index < -0.39 is 6.10 Å². The Morgan fingerprint density at radius 1 is 1.06 bits per heavy atom. The Hall–Kier alpha value is -3.02. The van der Waals surface area contributed by atoms with E-state index in [0.717, 1.165) is 27.8 Å². The van der Waals surface area contributed by atoms with Crippen molar-refractivity contribution in [2.24, 2.45) is 0 Å². The minimum absolute atomic E-state index is 0.299. The molecule has 1 N–H and O–H groups in total. The number of oxazole rings is 1. The van der Waals surface area contributed by atoms with E-state index in [4.69, 9.17) is 32.4 Å². The molecule has 1 unspecified atom stereocenters. The van der Waals surface area contributed by atoms with Crippen molar-refractivity contribution in [1.82, 2.24) is 4.98 Å². The van der Waals surface area contributed by atoms with E-state index in [1.807, 2.05) is 32.0 Å². The largest absolute Gasteiger partial charge is 0.479 e. The SMILES string of the molecule is Cc1cc(C)c2oc(-c3ccc(NC(=O)C(C)Oc4ccc(Cl)cc4Cl)cc3)nc2c1. The molecule has 31 heavy (non-hydrogen) atoms. The number of anilines is 1. The molecular formula is C24H20Cl2N2O3. The molecule has 1 amide bonds. The number of carbonyl (C=O) groups is 1. The Morgan fingerprint density at radius 2 is 1.81 bits per heavy atom. The lowest BCUT2D eigenvalue weighted by Crippen LogP contribution is -2.30. The van der Waals surface area contributed by atoms with Crippen molar-refractivity contribution in [3.63, 3.8) is 0 Å². The van der Waals surface area contributed by atoms with Gasteiger partial charge in [-0.3, -0.25) is 4.79 Å². The second-order valence-corrected chi connectivity index (χ2v) is 8.19. The average Bonchev–Trinajstić information content (AvgIpc) is 3.15. The highest BCUT2D eigenvalue weighted by molar-refractivity contribution is 6.35. The van der Waals surface area contributed by atoms with Crippen LogP contribution in [0.4, 0.5) is 5.69 Å². The highest BCUT2D eigenvalue weighted by atomic mass is 35.5. The average molecular weight is 455 g/mol. The Labute approximate surface area is 189 Å². The number of aryl methyl sites for hydroxylation is 2. The van der Waals surface area contributed by atoms with Gasteiger partial charge >= 0.3 is 0 Å². The van der Waals surface area contributed by atoms with E-state index in [2.05, 4.69) is 16.4 Å². The van der Waals surface area contributed by atoms with E-state index in [1.165, 1.54) is 0 Å². The van der Waals surface area contributed by atoms with Crippen LogP contribution < -0.4 is 10.1 Å². The fraction of sp³-hybridized carbons (Fsp3) is 0.167. The van der Waals surface area contributed by atoms with Gasteiger partial charge in [-0.05, 0) is 80.4 Å². The monoisotopic (exact) mass is 454 g/mol. The third-order valence-electron chi connectivity index (χ3n) is 4.79. The first-order chi connectivity index (χ1) is 14.8. The number of nitrogens with one attached hydrogen (secondary N) is 1. The summed E-state index contributed by atoms with van der Waals surface area (Å²) >= 11 is 12.0. The quantitative estimate of drug-likeness (QED) is 0.359. The summed E-state index contributed by atoms with van der Waals surface area (Å²) in [6.45, 7) is 5.69. The molecule has 0 aliphatic carbocycles. The zero-order chi connectivity index (χ0) is 22.1. The molecule has 1 aromatic heterocycles. The van der Waals surface area contributed by atoms with Crippen molar-refractivity contribution in [3.05, 3.63) is 75.8 Å². The number of aromatic nitrogens is 1. The third-order valence-corrected chi connectivity index (χ3v) is 5.32. The number of carbonyl (C=O) groups excluding carboxylic acids is 1. The number of rotatable bonds is 5. The second kappa shape index (κ2) is 8.61. The summed E-state index contributed by atoms with van der Waals surface area (Å²) < 4.78 is 11.6. The van der Waals surface area contributed by atoms with Crippen LogP contribution in [-0.4, -0.2) is 17.0 Å². The third kappa shape index (κ3) is 4.68. The second-order valence-electron chi connectivity index (χ2n) is 7.35. The number of hydrogen-bond donors (Lipinski definition) is 1. The van der Waals surface area contributed by atoms with Crippen molar-refractivity contribution in [1.29, 1.82) is 0 Å². The number of nitrogens with zero attached hydrogens (tertiary/aromatic N) is 1. The Morgan fingerprint density at radius 3 is 2.52 bits per heavy atom. The molecule has 0 radical (unpaired) electrons. The lowest BCUT2D eigenvalue weighted by atomic mass is 10.1. The maximum Gasteiger partial charge on any atom is 0.265 e. The fourth-order valence-electron chi connectivity index (χ4n) is 3.25. The van der Waals surface area contributed by atoms with Crippen LogP contribution >= 0.6 is 23.2 Å². The number of benzene rings is 3. The first-order valence-corrected chi connectivity index (χ1v) is 10.5. The summed E-state index contributed by atoms with van der Waals surface area (Å²) in [7, 11) is 0. The number of hydrogen-bond acceptors (Lipinski definition) is 4. The zero-order valence-electron chi connectivity index (χ0n) is 17.2. The van der Waals surface area contributed by atoms with Crippen LogP contribution in [-0.2, 0) is 4.79 Å². The van der Waals surface area contributed by atoms with Gasteiger partial charge in [-0.1, -0.05) is 29.3 Å². The van der Waals surface area contributed by atoms with E-state index in [-0.39, 0.29) is 5.91 Å². The Bertz CT molecular complexity index is 1270. The van der Waals surface area contributed by atoms with Crippen LogP contribution in [0.25, 0.3) is 22.6 Å². The molecule has 0 fully saturated rings. The molecule has 0 aliphatic heterocycles. The van der Waals surface area contributed by atoms with Gasteiger partial charge in [0.05, 0.1) is 5.02 Å². The maximum atomic E-state index is 12.5. The van der Waals surface area contributed by atoms with Gasteiger partial charge in [-0.2, -0.15) is 0 Å². The first kappa shape index (κ1) is 21.2. The lowest BCUT2D eigenvalue weighted by molar-refractivity contribution is -0.122. The molecule has 0 saturated carbocycles. The Balaban J connectivity index is 1.45. The van der Waals surface area contributed by atoms with E-state index in [0.29, 0.717) is 27.4 Å². The minimum atomic E-state index is -0.749. The summed E-state index contributed by atoms with van der Waals surface area (Å²) in [5, 5.41) is 3.68. The topological polar surface area (TPSA) is 64.4 Å². The normalized spacial score (nSPS) is 12.0. The van der Waals surface area contributed by atoms with Crippen molar-refractivity contribution < 1.29 is 13.9 Å². The zero-order valence-corrected chi connectivity index (χ0v) is 18.7. The van der Waals surface area contributed by atoms with Gasteiger partial charge in [-0.15, -0.1) is 0 Å². The summed E-state index contributed by atoms with van der Waals surface area (Å²) in [6.07, 6.45) is -0.749. The molecule has 5 nitrogen and oxygen atoms in total. The van der Waals surface area contributed by atoms with Gasteiger partial charge in [0.15, 0.2) is 11.7 Å². The van der Waals surface area contributed by atoms with Gasteiger partial charge in [0.1, 0.15) is 11.3 Å². The molecule has 4 aromatic rings. The summed E-state index contributed by atoms with van der Waals surface area (Å²) in [4.78, 5) is 17.1. The highest BCUT2D eigenvalue weighted by Gasteiger charge is 2.17. The number of amides is 1. The van der Waals surface area contributed by atoms with Crippen LogP contribution in [0.5, 0.6) is 5.75 Å². The molecule has 0 bridgehead atoms. The highest BCUT2D eigenvalue weighted by Crippen LogP contribution is 2.29. The van der Waals surface area contributed by atoms with Gasteiger partial charge in [-0.25, -0.2) is 4.98 Å². The lowest BCUT2D eigenvalue weighted by Gasteiger charge is -2.16. The van der Waals surface area contributed by atoms with E-state index >= 15 is 0 Å². The van der Waals surface area contributed by atoms with Crippen molar-refractivity contribution in [2.75, 3.05) is 5.32 Å². The van der Waals surface area contributed by atoms with Crippen LogP contribution in [0.1, 0.15) is 18.1 Å². The standard InChI is InChI=1S/C24H20Cl2N2O3/c1-13-10-14(2)22-20(11-13)28-24(31-22)16-4-7-18(8-5-16)27-23(29)15(3)30-21-9-6-17(25)12-19(21)26/h4-12,15H,1-3H3,(H,27,29). The molecule has 1 atom stereocenters. The Kier molecular flexibility index (Phi) is 5.90. The van der Waals surface area contributed by atoms with Gasteiger partial charge in [0, 0.05) is 16.3 Å². The molecule has 158 valence electrons. The number of halogens is 2. The fourth-order valence-corrected chi connectivity index (χ4v) is 3.71. The smallest absolute Gasteiger partial charge is 0.265 e. The summed E-state index contributed by atoms with van der Waals surface area (Å²) in [6, 6.07) is 16.2. The predicted octanol–water partition coefficient (Wildman–Crippen LogP) is 6.82.